The topological polar surface area (TPSA) is 31.4 Å². The van der Waals surface area contributed by atoms with Crippen LogP contribution in [0.25, 0.3) is 6.08 Å². The molecule has 1 aromatic heterocycles. The Balaban J connectivity index is 2.32. The van der Waals surface area contributed by atoms with Crippen molar-refractivity contribution < 1.29 is 18.1 Å². The minimum atomic E-state index is -1.14. The molecule has 0 radical (unpaired) electrons. The lowest BCUT2D eigenvalue weighted by atomic mass is 9.87. The summed E-state index contributed by atoms with van der Waals surface area (Å²) in [5.41, 5.74) is -1.67. The normalized spacial score (nSPS) is 21.0. The largest absolute Gasteiger partial charge is 0.525 e. The lowest BCUT2D eigenvalue weighted by molar-refractivity contribution is 0.00578. The maximum absolute atomic E-state index is 14.3. The summed E-state index contributed by atoms with van der Waals surface area (Å²) in [5.74, 6) is -0.565. The Morgan fingerprint density at radius 1 is 1.29 bits per heavy atom. The molecule has 0 atom stereocenters. The Bertz CT molecular complexity index is 589. The van der Waals surface area contributed by atoms with E-state index in [4.69, 9.17) is 9.31 Å². The number of halogens is 3. The van der Waals surface area contributed by atoms with E-state index in [-0.39, 0.29) is 11.3 Å². The van der Waals surface area contributed by atoms with Crippen LogP contribution >= 0.6 is 15.9 Å². The van der Waals surface area contributed by atoms with E-state index in [1.807, 2.05) is 27.7 Å². The second kappa shape index (κ2) is 5.45. The van der Waals surface area contributed by atoms with Gasteiger partial charge in [-0.2, -0.15) is 0 Å². The SMILES string of the molecule is Cc1nc(Br)cc(C=C(F)B2OC(C)(C)C(C)(C)O2)c1F. The van der Waals surface area contributed by atoms with Gasteiger partial charge in [0.2, 0.25) is 0 Å². The third-order valence-electron chi connectivity index (χ3n) is 3.89. The van der Waals surface area contributed by atoms with Crippen molar-refractivity contribution in [3.63, 3.8) is 0 Å². The molecule has 0 amide bonds. The van der Waals surface area contributed by atoms with Crippen molar-refractivity contribution in [3.8, 4) is 0 Å². The van der Waals surface area contributed by atoms with Crippen molar-refractivity contribution in [1.82, 2.24) is 4.98 Å². The van der Waals surface area contributed by atoms with Crippen LogP contribution in [0.5, 0.6) is 0 Å². The van der Waals surface area contributed by atoms with Crippen molar-refractivity contribution in [2.75, 3.05) is 0 Å². The van der Waals surface area contributed by atoms with Crippen LogP contribution in [0.4, 0.5) is 8.78 Å². The first-order valence-corrected chi connectivity index (χ1v) is 7.38. The molecule has 1 aliphatic rings. The zero-order valence-corrected chi connectivity index (χ0v) is 14.2. The van der Waals surface area contributed by atoms with Crippen molar-refractivity contribution >= 4 is 29.1 Å². The molecule has 0 aliphatic carbocycles. The first-order chi connectivity index (χ1) is 9.53. The minimum Gasteiger partial charge on any atom is -0.398 e. The number of nitrogens with zero attached hydrogens (tertiary/aromatic N) is 1. The maximum Gasteiger partial charge on any atom is 0.525 e. The van der Waals surface area contributed by atoms with E-state index in [0.717, 1.165) is 6.08 Å². The average molecular weight is 360 g/mol. The molecule has 0 bridgehead atoms. The summed E-state index contributed by atoms with van der Waals surface area (Å²) in [6, 6.07) is 1.41. The van der Waals surface area contributed by atoms with Crippen LogP contribution in [0, 0.1) is 12.7 Å². The molecule has 0 aromatic carbocycles. The highest BCUT2D eigenvalue weighted by molar-refractivity contribution is 9.10. The molecular formula is C14H17BBrF2NO2. The average Bonchev–Trinajstić information content (AvgIpc) is 2.55. The van der Waals surface area contributed by atoms with Gasteiger partial charge < -0.3 is 9.31 Å². The molecular weight excluding hydrogens is 343 g/mol. The van der Waals surface area contributed by atoms with Crippen LogP contribution in [0.15, 0.2) is 16.4 Å². The lowest BCUT2D eigenvalue weighted by Gasteiger charge is -2.32. The predicted molar refractivity (Wildman–Crippen MR) is 81.8 cm³/mol. The zero-order chi connectivity index (χ0) is 16.0. The van der Waals surface area contributed by atoms with Crippen molar-refractivity contribution in [3.05, 3.63) is 33.5 Å². The molecule has 114 valence electrons. The Kier molecular flexibility index (Phi) is 4.30. The van der Waals surface area contributed by atoms with Gasteiger partial charge >= 0.3 is 7.12 Å². The number of aromatic nitrogens is 1. The molecule has 1 saturated heterocycles. The molecule has 1 aromatic rings. The summed E-state index contributed by atoms with van der Waals surface area (Å²) >= 11 is 3.16. The molecule has 3 nitrogen and oxygen atoms in total. The highest BCUT2D eigenvalue weighted by atomic mass is 79.9. The van der Waals surface area contributed by atoms with E-state index in [1.165, 1.54) is 13.0 Å². The quantitative estimate of drug-likeness (QED) is 0.584. The molecule has 0 spiro atoms. The Morgan fingerprint density at radius 2 is 1.81 bits per heavy atom. The van der Waals surface area contributed by atoms with Crippen LogP contribution in [0.1, 0.15) is 39.0 Å². The monoisotopic (exact) mass is 359 g/mol. The molecule has 1 fully saturated rings. The number of hydrogen-bond acceptors (Lipinski definition) is 3. The molecule has 0 unspecified atom stereocenters. The van der Waals surface area contributed by atoms with Gasteiger partial charge in [-0.15, -0.1) is 0 Å². The van der Waals surface area contributed by atoms with Gasteiger partial charge in [-0.1, -0.05) is 0 Å². The van der Waals surface area contributed by atoms with Crippen molar-refractivity contribution in [1.29, 1.82) is 0 Å². The van der Waals surface area contributed by atoms with Crippen LogP contribution in [0.3, 0.4) is 0 Å². The van der Waals surface area contributed by atoms with E-state index >= 15 is 0 Å². The summed E-state index contributed by atoms with van der Waals surface area (Å²) < 4.78 is 39.9. The zero-order valence-electron chi connectivity index (χ0n) is 12.6. The third kappa shape index (κ3) is 3.20. The maximum atomic E-state index is 14.3. The smallest absolute Gasteiger partial charge is 0.398 e. The van der Waals surface area contributed by atoms with Crippen LogP contribution in [-0.2, 0) is 9.31 Å². The second-order valence-electron chi connectivity index (χ2n) is 6.05. The number of aryl methyl sites for hydroxylation is 1. The third-order valence-corrected chi connectivity index (χ3v) is 4.30. The highest BCUT2D eigenvalue weighted by Gasteiger charge is 2.53. The first kappa shape index (κ1) is 16.6. The van der Waals surface area contributed by atoms with Gasteiger partial charge in [-0.25, -0.2) is 13.8 Å². The Morgan fingerprint density at radius 3 is 2.33 bits per heavy atom. The van der Waals surface area contributed by atoms with Crippen LogP contribution < -0.4 is 0 Å². The minimum absolute atomic E-state index is 0.0987. The number of hydrogen-bond donors (Lipinski definition) is 0. The molecule has 2 rings (SSSR count). The van der Waals surface area contributed by atoms with Gasteiger partial charge in [-0.3, -0.25) is 0 Å². The lowest BCUT2D eigenvalue weighted by Crippen LogP contribution is -2.41. The van der Waals surface area contributed by atoms with Gasteiger partial charge in [0, 0.05) is 5.56 Å². The van der Waals surface area contributed by atoms with Gasteiger partial charge in [0.05, 0.1) is 16.9 Å². The van der Waals surface area contributed by atoms with Crippen molar-refractivity contribution in [2.45, 2.75) is 45.8 Å². The van der Waals surface area contributed by atoms with E-state index < -0.39 is 29.9 Å². The standard InChI is InChI=1S/C14H17BBrF2NO2/c1-8-12(18)9(7-11(16)19-8)6-10(17)15-20-13(2,3)14(4,5)21-15/h6-7H,1-5H3. The summed E-state index contributed by atoms with van der Waals surface area (Å²) in [6.07, 6.45) is 1.08. The molecule has 21 heavy (non-hydrogen) atoms. The van der Waals surface area contributed by atoms with Crippen molar-refractivity contribution in [2.24, 2.45) is 0 Å². The first-order valence-electron chi connectivity index (χ1n) is 6.59. The molecule has 2 heterocycles. The molecule has 0 N–H and O–H groups in total. The summed E-state index contributed by atoms with van der Waals surface area (Å²) in [5, 5.41) is 0. The molecule has 0 saturated carbocycles. The highest BCUT2D eigenvalue weighted by Crippen LogP contribution is 2.39. The van der Waals surface area contributed by atoms with Gasteiger partial charge in [0.15, 0.2) is 5.82 Å². The van der Waals surface area contributed by atoms with E-state index in [9.17, 15) is 8.78 Å². The fraction of sp³-hybridized carbons (Fsp3) is 0.500. The Labute approximate surface area is 132 Å². The fourth-order valence-corrected chi connectivity index (χ4v) is 2.43. The second-order valence-corrected chi connectivity index (χ2v) is 6.86. The van der Waals surface area contributed by atoms with Crippen LogP contribution in [-0.4, -0.2) is 23.3 Å². The Hall–Kier alpha value is -0.785. The van der Waals surface area contributed by atoms with Gasteiger partial charge in [0.25, 0.3) is 0 Å². The van der Waals surface area contributed by atoms with E-state index in [0.29, 0.717) is 4.60 Å². The number of pyridine rings is 1. The van der Waals surface area contributed by atoms with Crippen LogP contribution in [0.2, 0.25) is 0 Å². The predicted octanol–water partition coefficient (Wildman–Crippen LogP) is 4.23. The van der Waals surface area contributed by atoms with Gasteiger partial charge in [-0.05, 0) is 62.7 Å². The van der Waals surface area contributed by atoms with E-state index in [1.54, 1.807) is 0 Å². The molecule has 7 heteroatoms. The summed E-state index contributed by atoms with van der Waals surface area (Å²) in [6.45, 7) is 8.83. The van der Waals surface area contributed by atoms with E-state index in [2.05, 4.69) is 20.9 Å². The summed E-state index contributed by atoms with van der Waals surface area (Å²) in [7, 11) is -1.14. The fourth-order valence-electron chi connectivity index (χ4n) is 1.92. The molecule has 1 aliphatic heterocycles. The summed E-state index contributed by atoms with van der Waals surface area (Å²) in [4.78, 5) is 3.91. The van der Waals surface area contributed by atoms with Gasteiger partial charge in [0.1, 0.15) is 10.3 Å². The number of rotatable bonds is 2.